The van der Waals surface area contributed by atoms with Crippen molar-refractivity contribution in [2.45, 2.75) is 32.7 Å². The van der Waals surface area contributed by atoms with E-state index in [1.807, 2.05) is 12.4 Å². The van der Waals surface area contributed by atoms with Gasteiger partial charge in [-0.25, -0.2) is 9.97 Å². The van der Waals surface area contributed by atoms with E-state index in [4.69, 9.17) is 0 Å². The molecule has 3 heteroatoms. The molecule has 0 aromatic carbocycles. The molecule has 2 atom stereocenters. The Bertz CT molecular complexity index is 235. The van der Waals surface area contributed by atoms with Crippen LogP contribution in [0.1, 0.15) is 32.3 Å². The first-order valence-corrected chi connectivity index (χ1v) is 4.74. The topological polar surface area (TPSA) is 37.8 Å². The number of nitrogens with zero attached hydrogens (tertiary/aromatic N) is 2. The van der Waals surface area contributed by atoms with Gasteiger partial charge < -0.3 is 5.32 Å². The second-order valence-electron chi connectivity index (χ2n) is 3.31. The molecule has 0 bridgehead atoms. The van der Waals surface area contributed by atoms with Crippen molar-refractivity contribution in [1.29, 1.82) is 0 Å². The molecule has 0 saturated carbocycles. The summed E-state index contributed by atoms with van der Waals surface area (Å²) >= 11 is 0. The molecular weight excluding hydrogens is 162 g/mol. The van der Waals surface area contributed by atoms with Gasteiger partial charge in [-0.2, -0.15) is 0 Å². The maximum Gasteiger partial charge on any atom is 0.115 e. The Kier molecular flexibility index (Phi) is 3.83. The zero-order valence-electron chi connectivity index (χ0n) is 8.49. The van der Waals surface area contributed by atoms with Gasteiger partial charge in [0, 0.05) is 18.4 Å². The fourth-order valence-electron chi connectivity index (χ4n) is 1.33. The monoisotopic (exact) mass is 179 g/mol. The highest BCUT2D eigenvalue weighted by atomic mass is 14.9. The van der Waals surface area contributed by atoms with E-state index in [-0.39, 0.29) is 0 Å². The lowest BCUT2D eigenvalue weighted by Gasteiger charge is -2.20. The van der Waals surface area contributed by atoms with Crippen molar-refractivity contribution >= 4 is 0 Å². The molecule has 0 fully saturated rings. The smallest absolute Gasteiger partial charge is 0.115 e. The molecule has 0 radical (unpaired) electrons. The minimum absolute atomic E-state index is 0.459. The number of hydrogen-bond acceptors (Lipinski definition) is 3. The highest BCUT2D eigenvalue weighted by molar-refractivity contribution is 5.11. The van der Waals surface area contributed by atoms with Gasteiger partial charge in [0.1, 0.15) is 6.33 Å². The lowest BCUT2D eigenvalue weighted by atomic mass is 9.97. The molecule has 1 aromatic rings. The summed E-state index contributed by atoms with van der Waals surface area (Å²) in [6.07, 6.45) is 5.32. The van der Waals surface area contributed by atoms with Crippen LogP contribution in [-0.4, -0.2) is 22.6 Å². The maximum absolute atomic E-state index is 4.01. The van der Waals surface area contributed by atoms with Crippen molar-refractivity contribution in [2.75, 3.05) is 6.54 Å². The lowest BCUT2D eigenvalue weighted by Crippen LogP contribution is -2.30. The Labute approximate surface area is 79.6 Å². The molecule has 3 nitrogen and oxygen atoms in total. The summed E-state index contributed by atoms with van der Waals surface area (Å²) in [6.45, 7) is 7.48. The van der Waals surface area contributed by atoms with E-state index in [2.05, 4.69) is 36.1 Å². The van der Waals surface area contributed by atoms with Crippen LogP contribution in [0.15, 0.2) is 18.7 Å². The second-order valence-corrected chi connectivity index (χ2v) is 3.31. The van der Waals surface area contributed by atoms with Crippen molar-refractivity contribution in [2.24, 2.45) is 0 Å². The first-order valence-electron chi connectivity index (χ1n) is 4.74. The molecule has 0 saturated heterocycles. The predicted molar refractivity (Wildman–Crippen MR) is 53.6 cm³/mol. The Morgan fingerprint density at radius 3 is 2.46 bits per heavy atom. The molecule has 72 valence electrons. The van der Waals surface area contributed by atoms with Crippen LogP contribution in [0.2, 0.25) is 0 Å². The third kappa shape index (κ3) is 2.77. The number of aromatic nitrogens is 2. The van der Waals surface area contributed by atoms with Gasteiger partial charge in [-0.15, -0.1) is 0 Å². The summed E-state index contributed by atoms with van der Waals surface area (Å²) in [5.74, 6) is 0.459. The average molecular weight is 179 g/mol. The van der Waals surface area contributed by atoms with Crippen LogP contribution in [0.3, 0.4) is 0 Å². The highest BCUT2D eigenvalue weighted by Crippen LogP contribution is 2.16. The molecule has 0 aliphatic heterocycles. The van der Waals surface area contributed by atoms with Gasteiger partial charge in [0.15, 0.2) is 0 Å². The third-order valence-electron chi connectivity index (χ3n) is 2.38. The standard InChI is InChI=1S/C10H17N3/c1-4-13-9(3)8(2)10-5-11-7-12-6-10/h5-9,13H,4H2,1-3H3. The van der Waals surface area contributed by atoms with E-state index in [1.165, 1.54) is 5.56 Å². The van der Waals surface area contributed by atoms with Crippen LogP contribution in [-0.2, 0) is 0 Å². The van der Waals surface area contributed by atoms with Crippen molar-refractivity contribution < 1.29 is 0 Å². The fraction of sp³-hybridized carbons (Fsp3) is 0.600. The number of rotatable bonds is 4. The van der Waals surface area contributed by atoms with E-state index in [0.29, 0.717) is 12.0 Å². The average Bonchev–Trinajstić information content (AvgIpc) is 2.18. The van der Waals surface area contributed by atoms with E-state index < -0.39 is 0 Å². The molecular formula is C10H17N3. The normalized spacial score (nSPS) is 15.3. The van der Waals surface area contributed by atoms with Crippen molar-refractivity contribution in [3.05, 3.63) is 24.3 Å². The molecule has 13 heavy (non-hydrogen) atoms. The number of likely N-dealkylation sites (N-methyl/N-ethyl adjacent to an activating group) is 1. The molecule has 1 heterocycles. The summed E-state index contributed by atoms with van der Waals surface area (Å²) in [7, 11) is 0. The highest BCUT2D eigenvalue weighted by Gasteiger charge is 2.12. The predicted octanol–water partition coefficient (Wildman–Crippen LogP) is 1.58. The van der Waals surface area contributed by atoms with E-state index in [1.54, 1.807) is 6.33 Å². The van der Waals surface area contributed by atoms with E-state index in [9.17, 15) is 0 Å². The van der Waals surface area contributed by atoms with Crippen LogP contribution < -0.4 is 5.32 Å². The van der Waals surface area contributed by atoms with Gasteiger partial charge in [-0.1, -0.05) is 13.8 Å². The summed E-state index contributed by atoms with van der Waals surface area (Å²) < 4.78 is 0. The summed E-state index contributed by atoms with van der Waals surface area (Å²) in [5.41, 5.74) is 1.19. The quantitative estimate of drug-likeness (QED) is 0.762. The molecule has 0 spiro atoms. The van der Waals surface area contributed by atoms with Gasteiger partial charge >= 0.3 is 0 Å². The first-order chi connectivity index (χ1) is 6.25. The molecule has 0 amide bonds. The third-order valence-corrected chi connectivity index (χ3v) is 2.38. The Hall–Kier alpha value is -0.960. The van der Waals surface area contributed by atoms with Crippen LogP contribution in [0.25, 0.3) is 0 Å². The number of nitrogens with one attached hydrogen (secondary N) is 1. The van der Waals surface area contributed by atoms with Crippen LogP contribution >= 0.6 is 0 Å². The minimum Gasteiger partial charge on any atom is -0.314 e. The Balaban J connectivity index is 2.62. The van der Waals surface area contributed by atoms with Crippen molar-refractivity contribution in [3.8, 4) is 0 Å². The minimum atomic E-state index is 0.459. The zero-order chi connectivity index (χ0) is 9.68. The SMILES string of the molecule is CCNC(C)C(C)c1cncnc1. The summed E-state index contributed by atoms with van der Waals surface area (Å²) in [6, 6.07) is 0.469. The van der Waals surface area contributed by atoms with Gasteiger partial charge in [-0.3, -0.25) is 0 Å². The van der Waals surface area contributed by atoms with E-state index >= 15 is 0 Å². The molecule has 1 N–H and O–H groups in total. The van der Waals surface area contributed by atoms with E-state index in [0.717, 1.165) is 6.54 Å². The van der Waals surface area contributed by atoms with Crippen LogP contribution in [0.5, 0.6) is 0 Å². The van der Waals surface area contributed by atoms with Gasteiger partial charge in [0.25, 0.3) is 0 Å². The molecule has 0 aliphatic rings. The summed E-state index contributed by atoms with van der Waals surface area (Å²) in [4.78, 5) is 8.02. The molecule has 2 unspecified atom stereocenters. The summed E-state index contributed by atoms with van der Waals surface area (Å²) in [5, 5.41) is 3.39. The largest absolute Gasteiger partial charge is 0.314 e. The molecule has 1 rings (SSSR count). The van der Waals surface area contributed by atoms with Gasteiger partial charge in [0.2, 0.25) is 0 Å². The Morgan fingerprint density at radius 2 is 1.92 bits per heavy atom. The van der Waals surface area contributed by atoms with Gasteiger partial charge in [0.05, 0.1) is 0 Å². The van der Waals surface area contributed by atoms with Crippen LogP contribution in [0, 0.1) is 0 Å². The van der Waals surface area contributed by atoms with Gasteiger partial charge in [-0.05, 0) is 24.9 Å². The van der Waals surface area contributed by atoms with Crippen molar-refractivity contribution in [1.82, 2.24) is 15.3 Å². The number of hydrogen-bond donors (Lipinski definition) is 1. The zero-order valence-corrected chi connectivity index (χ0v) is 8.49. The Morgan fingerprint density at radius 1 is 1.31 bits per heavy atom. The fourth-order valence-corrected chi connectivity index (χ4v) is 1.33. The second kappa shape index (κ2) is 4.92. The maximum atomic E-state index is 4.01. The molecule has 1 aromatic heterocycles. The van der Waals surface area contributed by atoms with Crippen LogP contribution in [0.4, 0.5) is 0 Å². The molecule has 0 aliphatic carbocycles. The van der Waals surface area contributed by atoms with Crippen molar-refractivity contribution in [3.63, 3.8) is 0 Å². The first kappa shape index (κ1) is 10.1. The lowest BCUT2D eigenvalue weighted by molar-refractivity contribution is 0.493.